The molecule has 0 aliphatic carbocycles. The average Bonchev–Trinajstić information content (AvgIpc) is 2.87. The maximum atomic E-state index is 13.0. The lowest BCUT2D eigenvalue weighted by Crippen LogP contribution is -2.55. The molecule has 8 N–H and O–H groups in total. The molecular formula is C26H47BN6O5. The van der Waals surface area contributed by atoms with Crippen LogP contribution in [0, 0.1) is 11.3 Å². The van der Waals surface area contributed by atoms with Crippen LogP contribution < -0.4 is 31.3 Å². The van der Waals surface area contributed by atoms with Gasteiger partial charge in [0, 0.05) is 19.3 Å². The number of carbonyl (C=O) groups is 2. The summed E-state index contributed by atoms with van der Waals surface area (Å²) < 4.78 is 5.76. The number of hydrogen-bond acceptors (Lipinski definition) is 6. The molecule has 11 nitrogen and oxygen atoms in total. The van der Waals surface area contributed by atoms with Crippen molar-refractivity contribution in [3.8, 4) is 5.75 Å². The minimum atomic E-state index is -1.72. The number of benzene rings is 1. The predicted octanol–water partition coefficient (Wildman–Crippen LogP) is 2.59. The minimum absolute atomic E-state index is 0.126. The Balaban J connectivity index is 2.69. The van der Waals surface area contributed by atoms with Crippen LogP contribution in [0.5, 0.6) is 5.75 Å². The number of unbranched alkanes of at least 4 members (excludes halogenated alkanes) is 4. The van der Waals surface area contributed by atoms with Crippen LogP contribution in [0.25, 0.3) is 0 Å². The number of urea groups is 1. The molecule has 12 heteroatoms. The second kappa shape index (κ2) is 19.1. The third kappa shape index (κ3) is 14.7. The number of ether oxygens (including phenoxy) is 1. The SMILES string of the molecule is CCCCCCCOc1ccc(NC(=O)N[C@@H](CCCNC(=N)NC)C(=O)N[C@@H](CC(C)C)B(O)O)cc1. The largest absolute Gasteiger partial charge is 0.494 e. The molecule has 0 saturated heterocycles. The van der Waals surface area contributed by atoms with Crippen molar-refractivity contribution < 1.29 is 24.4 Å². The summed E-state index contributed by atoms with van der Waals surface area (Å²) in [6.45, 7) is 7.08. The first-order valence-electron chi connectivity index (χ1n) is 13.6. The number of nitrogens with one attached hydrogen (secondary N) is 6. The van der Waals surface area contributed by atoms with Gasteiger partial charge in [0.25, 0.3) is 0 Å². The van der Waals surface area contributed by atoms with E-state index in [9.17, 15) is 19.6 Å². The highest BCUT2D eigenvalue weighted by Gasteiger charge is 2.29. The van der Waals surface area contributed by atoms with E-state index in [0.717, 1.165) is 18.6 Å². The Kier molecular flexibility index (Phi) is 16.6. The fourth-order valence-corrected chi connectivity index (χ4v) is 3.78. The third-order valence-electron chi connectivity index (χ3n) is 5.88. The summed E-state index contributed by atoms with van der Waals surface area (Å²) in [7, 11) is -0.0921. The zero-order valence-corrected chi connectivity index (χ0v) is 23.3. The van der Waals surface area contributed by atoms with Crippen molar-refractivity contribution in [2.45, 2.75) is 84.1 Å². The van der Waals surface area contributed by atoms with E-state index in [1.54, 1.807) is 31.3 Å². The zero-order chi connectivity index (χ0) is 28.3. The first kappa shape index (κ1) is 33.0. The van der Waals surface area contributed by atoms with Crippen molar-refractivity contribution >= 4 is 30.7 Å². The normalized spacial score (nSPS) is 12.3. The fraction of sp³-hybridized carbons (Fsp3) is 0.654. The monoisotopic (exact) mass is 534 g/mol. The Hall–Kier alpha value is -2.99. The van der Waals surface area contributed by atoms with Crippen LogP contribution in [0.15, 0.2) is 24.3 Å². The summed E-state index contributed by atoms with van der Waals surface area (Å²) >= 11 is 0. The molecule has 0 bridgehead atoms. The second-order valence-electron chi connectivity index (χ2n) is 9.79. The number of rotatable bonds is 18. The van der Waals surface area contributed by atoms with Gasteiger partial charge in [0.15, 0.2) is 5.96 Å². The smallest absolute Gasteiger partial charge is 0.475 e. The minimum Gasteiger partial charge on any atom is -0.494 e. The maximum absolute atomic E-state index is 13.0. The Morgan fingerprint density at radius 3 is 2.32 bits per heavy atom. The first-order valence-corrected chi connectivity index (χ1v) is 13.6. The Bertz CT molecular complexity index is 825. The van der Waals surface area contributed by atoms with Crippen molar-refractivity contribution in [3.63, 3.8) is 0 Å². The molecule has 0 aromatic heterocycles. The molecule has 2 atom stereocenters. The van der Waals surface area contributed by atoms with Crippen LogP contribution in [0.1, 0.15) is 72.1 Å². The molecule has 0 radical (unpaired) electrons. The van der Waals surface area contributed by atoms with E-state index in [2.05, 4.69) is 33.5 Å². The van der Waals surface area contributed by atoms with Crippen molar-refractivity contribution in [3.05, 3.63) is 24.3 Å². The van der Waals surface area contributed by atoms with Crippen LogP contribution in [-0.4, -0.2) is 67.2 Å². The van der Waals surface area contributed by atoms with Gasteiger partial charge >= 0.3 is 13.1 Å². The molecule has 1 aromatic carbocycles. The molecular weight excluding hydrogens is 487 g/mol. The second-order valence-corrected chi connectivity index (χ2v) is 9.79. The zero-order valence-electron chi connectivity index (χ0n) is 23.3. The summed E-state index contributed by atoms with van der Waals surface area (Å²) in [4.78, 5) is 25.7. The summed E-state index contributed by atoms with van der Waals surface area (Å²) in [5.41, 5.74) is 0.546. The van der Waals surface area contributed by atoms with Gasteiger partial charge in [-0.15, -0.1) is 0 Å². The first-order chi connectivity index (χ1) is 18.2. The summed E-state index contributed by atoms with van der Waals surface area (Å²) in [6.07, 6.45) is 6.95. The van der Waals surface area contributed by atoms with Crippen molar-refractivity contribution in [1.82, 2.24) is 21.3 Å². The molecule has 3 amide bonds. The molecule has 0 unspecified atom stereocenters. The van der Waals surface area contributed by atoms with Crippen molar-refractivity contribution in [2.75, 3.05) is 25.5 Å². The van der Waals surface area contributed by atoms with Crippen molar-refractivity contribution in [1.29, 1.82) is 5.41 Å². The van der Waals surface area contributed by atoms with E-state index in [0.29, 0.717) is 31.7 Å². The Labute approximate surface area is 227 Å². The van der Waals surface area contributed by atoms with E-state index < -0.39 is 31.0 Å². The molecule has 0 heterocycles. The molecule has 0 spiro atoms. The fourth-order valence-electron chi connectivity index (χ4n) is 3.78. The molecule has 0 aliphatic rings. The highest BCUT2D eigenvalue weighted by atomic mass is 16.5. The summed E-state index contributed by atoms with van der Waals surface area (Å²) in [6, 6.07) is 5.56. The number of hydrogen-bond donors (Lipinski definition) is 8. The lowest BCUT2D eigenvalue weighted by Gasteiger charge is -2.24. The standard InChI is InChI=1S/C26H47BN6O5/c1-5-6-7-8-9-17-38-21-14-12-20(13-15-21)31-26(35)32-22(11-10-16-30-25(28)29-4)24(34)33-23(27(36)37)18-19(2)3/h12-15,19,22-23,36-37H,5-11,16-18H2,1-4H3,(H,33,34)(H3,28,29,30)(H2,31,32,35)/t22-,23-/m0/s1. The topological polar surface area (TPSA) is 168 Å². The molecule has 214 valence electrons. The Morgan fingerprint density at radius 1 is 1.03 bits per heavy atom. The van der Waals surface area contributed by atoms with Gasteiger partial charge in [0.05, 0.1) is 12.5 Å². The highest BCUT2D eigenvalue weighted by Crippen LogP contribution is 2.16. The Morgan fingerprint density at radius 2 is 1.71 bits per heavy atom. The lowest BCUT2D eigenvalue weighted by molar-refractivity contribution is -0.123. The highest BCUT2D eigenvalue weighted by molar-refractivity contribution is 6.43. The van der Waals surface area contributed by atoms with E-state index in [4.69, 9.17) is 10.1 Å². The van der Waals surface area contributed by atoms with Gasteiger partial charge in [-0.3, -0.25) is 10.2 Å². The van der Waals surface area contributed by atoms with Gasteiger partial charge in [-0.05, 0) is 55.9 Å². The van der Waals surface area contributed by atoms with Gasteiger partial charge in [-0.25, -0.2) is 4.79 Å². The molecule has 1 aromatic rings. The van der Waals surface area contributed by atoms with E-state index in [1.165, 1.54) is 19.3 Å². The van der Waals surface area contributed by atoms with Crippen LogP contribution in [0.2, 0.25) is 0 Å². The molecule has 1 rings (SSSR count). The predicted molar refractivity (Wildman–Crippen MR) is 152 cm³/mol. The number of carbonyl (C=O) groups excluding carboxylic acids is 2. The van der Waals surface area contributed by atoms with E-state index in [1.807, 2.05) is 13.8 Å². The third-order valence-corrected chi connectivity index (χ3v) is 5.88. The molecule has 38 heavy (non-hydrogen) atoms. The van der Waals surface area contributed by atoms with Crippen LogP contribution in [0.3, 0.4) is 0 Å². The van der Waals surface area contributed by atoms with Crippen LogP contribution in [0.4, 0.5) is 10.5 Å². The van der Waals surface area contributed by atoms with Gasteiger partial charge in [0.1, 0.15) is 11.8 Å². The molecule has 0 aliphatic heterocycles. The summed E-state index contributed by atoms with van der Waals surface area (Å²) in [5.74, 6) is -0.361. The van der Waals surface area contributed by atoms with Crippen LogP contribution in [-0.2, 0) is 4.79 Å². The van der Waals surface area contributed by atoms with E-state index in [-0.39, 0.29) is 18.3 Å². The van der Waals surface area contributed by atoms with E-state index >= 15 is 0 Å². The molecule has 0 fully saturated rings. The number of guanidine groups is 1. The molecule has 0 saturated carbocycles. The average molecular weight is 535 g/mol. The van der Waals surface area contributed by atoms with Gasteiger partial charge in [0.2, 0.25) is 5.91 Å². The van der Waals surface area contributed by atoms with Gasteiger partial charge < -0.3 is 41.4 Å². The lowest BCUT2D eigenvalue weighted by atomic mass is 9.75. The quantitative estimate of drug-likeness (QED) is 0.0620. The van der Waals surface area contributed by atoms with Gasteiger partial charge in [-0.2, -0.15) is 0 Å². The number of anilines is 1. The number of amides is 3. The maximum Gasteiger partial charge on any atom is 0.475 e. The summed E-state index contributed by atoms with van der Waals surface area (Å²) in [5, 5.41) is 40.5. The van der Waals surface area contributed by atoms with Gasteiger partial charge in [-0.1, -0.05) is 46.5 Å². The van der Waals surface area contributed by atoms with Crippen LogP contribution >= 0.6 is 0 Å². The van der Waals surface area contributed by atoms with Crippen molar-refractivity contribution in [2.24, 2.45) is 5.92 Å².